The molecule has 0 spiro atoms. The monoisotopic (exact) mass is 591 g/mol. The number of aromatic nitrogens is 6. The largest absolute Gasteiger partial charge is 0.489 e. The molecule has 0 aliphatic carbocycles. The van der Waals surface area contributed by atoms with Crippen LogP contribution in [0.1, 0.15) is 12.8 Å². The Balaban J connectivity index is 1.21. The van der Waals surface area contributed by atoms with E-state index in [0.29, 0.717) is 17.9 Å². The fraction of sp³-hybridized carbons (Fsp3) is 0.273. The van der Waals surface area contributed by atoms with Gasteiger partial charge in [0.25, 0.3) is 0 Å². The van der Waals surface area contributed by atoms with E-state index >= 15 is 0 Å². The number of halogens is 1. The lowest BCUT2D eigenvalue weighted by molar-refractivity contribution is 0.162. The lowest BCUT2D eigenvalue weighted by Crippen LogP contribution is -2.34. The summed E-state index contributed by atoms with van der Waals surface area (Å²) in [6.45, 7) is 3.47. The number of H-pyrrole nitrogens is 2. The van der Waals surface area contributed by atoms with Crippen LogP contribution in [0.25, 0.3) is 55.8 Å². The predicted molar refractivity (Wildman–Crippen MR) is 171 cm³/mol. The molecule has 0 atom stereocenters. The van der Waals surface area contributed by atoms with E-state index in [4.69, 9.17) is 9.72 Å². The molecule has 0 saturated carbocycles. The number of piperidine rings is 1. The zero-order chi connectivity index (χ0) is 30.0. The van der Waals surface area contributed by atoms with Crippen LogP contribution < -0.4 is 15.4 Å². The SMILES string of the molecule is CN(C)CCNc1cc(F)cc(-c2ccnc3[nH]c(-c4n[nH]c5ccc(-c6cncc(OC7CCNCC7)c6)nc45)cc23)c1. The smallest absolute Gasteiger partial charge is 0.138 e. The summed E-state index contributed by atoms with van der Waals surface area (Å²) in [5.41, 5.74) is 7.66. The minimum absolute atomic E-state index is 0.183. The highest BCUT2D eigenvalue weighted by molar-refractivity contribution is 5.99. The normalized spacial score (nSPS) is 14.1. The maximum atomic E-state index is 14.7. The third-order valence-corrected chi connectivity index (χ3v) is 7.89. The molecule has 1 aliphatic heterocycles. The van der Waals surface area contributed by atoms with Crippen molar-refractivity contribution in [2.24, 2.45) is 0 Å². The second-order valence-electron chi connectivity index (χ2n) is 11.4. The fourth-order valence-electron chi connectivity index (χ4n) is 5.65. The lowest BCUT2D eigenvalue weighted by atomic mass is 10.0. The maximum absolute atomic E-state index is 14.7. The van der Waals surface area contributed by atoms with E-state index in [2.05, 4.69) is 40.7 Å². The van der Waals surface area contributed by atoms with Crippen LogP contribution in [0, 0.1) is 5.82 Å². The molecule has 44 heavy (non-hydrogen) atoms. The summed E-state index contributed by atoms with van der Waals surface area (Å²) in [4.78, 5) is 19.5. The Kier molecular flexibility index (Phi) is 7.63. The van der Waals surface area contributed by atoms with Gasteiger partial charge in [-0.25, -0.2) is 14.4 Å². The molecule has 1 aromatic carbocycles. The molecular formula is C33H34FN9O. The summed E-state index contributed by atoms with van der Waals surface area (Å²) in [7, 11) is 4.02. The van der Waals surface area contributed by atoms with Gasteiger partial charge in [-0.15, -0.1) is 0 Å². The molecule has 0 unspecified atom stereocenters. The van der Waals surface area contributed by atoms with Crippen molar-refractivity contribution in [3.8, 4) is 39.5 Å². The van der Waals surface area contributed by atoms with Crippen LogP contribution in [0.5, 0.6) is 5.75 Å². The first-order chi connectivity index (χ1) is 21.5. The minimum Gasteiger partial charge on any atom is -0.489 e. The van der Waals surface area contributed by atoms with Gasteiger partial charge < -0.3 is 25.3 Å². The Hall–Kier alpha value is -4.87. The second kappa shape index (κ2) is 12.0. The van der Waals surface area contributed by atoms with Gasteiger partial charge in [0.1, 0.15) is 34.5 Å². The molecule has 4 N–H and O–H groups in total. The number of nitrogens with one attached hydrogen (secondary N) is 4. The molecule has 5 aromatic heterocycles. The Bertz CT molecular complexity index is 1930. The van der Waals surface area contributed by atoms with Crippen molar-refractivity contribution in [1.29, 1.82) is 0 Å². The highest BCUT2D eigenvalue weighted by Gasteiger charge is 2.18. The third kappa shape index (κ3) is 5.84. The third-order valence-electron chi connectivity index (χ3n) is 7.89. The van der Waals surface area contributed by atoms with Crippen molar-refractivity contribution < 1.29 is 9.13 Å². The molecule has 7 rings (SSSR count). The van der Waals surface area contributed by atoms with Gasteiger partial charge in [0.15, 0.2) is 0 Å². The number of likely N-dealkylation sites (N-methyl/N-ethyl adjacent to an activating group) is 1. The maximum Gasteiger partial charge on any atom is 0.138 e. The fourth-order valence-corrected chi connectivity index (χ4v) is 5.65. The average Bonchev–Trinajstić information content (AvgIpc) is 3.65. The summed E-state index contributed by atoms with van der Waals surface area (Å²) in [6.07, 6.45) is 7.41. The van der Waals surface area contributed by atoms with Crippen LogP contribution in [0.15, 0.2) is 67.1 Å². The zero-order valence-electron chi connectivity index (χ0n) is 24.7. The van der Waals surface area contributed by atoms with Crippen LogP contribution in [-0.2, 0) is 0 Å². The number of rotatable bonds is 9. The van der Waals surface area contributed by atoms with Crippen molar-refractivity contribution in [3.63, 3.8) is 0 Å². The molecule has 0 radical (unpaired) electrons. The molecule has 1 aliphatic rings. The molecule has 0 bridgehead atoms. The average molecular weight is 592 g/mol. The molecule has 0 amide bonds. The first kappa shape index (κ1) is 27.9. The van der Waals surface area contributed by atoms with E-state index in [1.165, 1.54) is 6.07 Å². The van der Waals surface area contributed by atoms with E-state index in [1.54, 1.807) is 24.7 Å². The number of nitrogens with zero attached hydrogens (tertiary/aromatic N) is 5. The second-order valence-corrected chi connectivity index (χ2v) is 11.4. The molecule has 1 fully saturated rings. The van der Waals surface area contributed by atoms with E-state index in [0.717, 1.165) is 88.4 Å². The Morgan fingerprint density at radius 3 is 2.77 bits per heavy atom. The van der Waals surface area contributed by atoms with Crippen molar-refractivity contribution in [3.05, 3.63) is 72.9 Å². The lowest BCUT2D eigenvalue weighted by Gasteiger charge is -2.23. The molecule has 6 aromatic rings. The van der Waals surface area contributed by atoms with Crippen molar-refractivity contribution in [1.82, 2.24) is 40.3 Å². The number of anilines is 1. The topological polar surface area (TPSA) is 120 Å². The summed E-state index contributed by atoms with van der Waals surface area (Å²) in [5.74, 6) is 0.441. The first-order valence-electron chi connectivity index (χ1n) is 14.9. The van der Waals surface area contributed by atoms with Gasteiger partial charge in [0.2, 0.25) is 0 Å². The van der Waals surface area contributed by atoms with E-state index in [1.807, 2.05) is 50.5 Å². The van der Waals surface area contributed by atoms with Gasteiger partial charge >= 0.3 is 0 Å². The van der Waals surface area contributed by atoms with Crippen LogP contribution >= 0.6 is 0 Å². The Morgan fingerprint density at radius 2 is 1.91 bits per heavy atom. The van der Waals surface area contributed by atoms with Crippen LogP contribution in [0.2, 0.25) is 0 Å². The van der Waals surface area contributed by atoms with Gasteiger partial charge in [0, 0.05) is 42.1 Å². The standard InChI is InChI=1S/C33H34FN9O/c1-43(2)12-11-37-23-14-20(13-22(34)16-23)26-7-10-38-33-27(26)17-30(40-33)32-31-29(41-42-32)4-3-28(39-31)21-15-25(19-36-18-21)44-24-5-8-35-9-6-24/h3-4,7,10,13-19,24,35,37H,5-6,8-9,11-12H2,1-2H3,(H,38,40)(H,41,42). The number of pyridine rings is 3. The van der Waals surface area contributed by atoms with Crippen LogP contribution in [0.4, 0.5) is 10.1 Å². The van der Waals surface area contributed by atoms with Gasteiger partial charge in [-0.3, -0.25) is 10.1 Å². The summed E-state index contributed by atoms with van der Waals surface area (Å²) < 4.78 is 20.9. The number of ether oxygens (including phenoxy) is 1. The van der Waals surface area contributed by atoms with Gasteiger partial charge in [0.05, 0.1) is 23.1 Å². The van der Waals surface area contributed by atoms with Crippen LogP contribution in [-0.4, -0.2) is 81.4 Å². The first-order valence-corrected chi connectivity index (χ1v) is 14.9. The molecule has 6 heterocycles. The van der Waals surface area contributed by atoms with E-state index in [9.17, 15) is 4.39 Å². The summed E-state index contributed by atoms with van der Waals surface area (Å²) >= 11 is 0. The number of fused-ring (bicyclic) bond motifs is 2. The molecule has 11 heteroatoms. The number of benzene rings is 1. The Labute approximate surface area is 254 Å². The molecule has 10 nitrogen and oxygen atoms in total. The molecule has 1 saturated heterocycles. The minimum atomic E-state index is -0.301. The highest BCUT2D eigenvalue weighted by atomic mass is 19.1. The summed E-state index contributed by atoms with van der Waals surface area (Å²) in [6, 6.07) is 14.9. The highest BCUT2D eigenvalue weighted by Crippen LogP contribution is 2.35. The quantitative estimate of drug-likeness (QED) is 0.175. The van der Waals surface area contributed by atoms with Gasteiger partial charge in [-0.2, -0.15) is 5.10 Å². The van der Waals surface area contributed by atoms with Crippen molar-refractivity contribution in [2.45, 2.75) is 18.9 Å². The van der Waals surface area contributed by atoms with Crippen LogP contribution in [0.3, 0.4) is 0 Å². The van der Waals surface area contributed by atoms with Gasteiger partial charge in [-0.05, 0) is 99.7 Å². The van der Waals surface area contributed by atoms with E-state index < -0.39 is 0 Å². The number of hydrogen-bond donors (Lipinski definition) is 4. The Morgan fingerprint density at radius 1 is 1.02 bits per heavy atom. The molecular weight excluding hydrogens is 557 g/mol. The summed E-state index contributed by atoms with van der Waals surface area (Å²) in [5, 5.41) is 15.3. The zero-order valence-corrected chi connectivity index (χ0v) is 24.7. The number of hydrogen-bond acceptors (Lipinski definition) is 8. The van der Waals surface area contributed by atoms with Crippen molar-refractivity contribution in [2.75, 3.05) is 45.6 Å². The van der Waals surface area contributed by atoms with E-state index in [-0.39, 0.29) is 11.9 Å². The molecule has 224 valence electrons. The predicted octanol–water partition coefficient (Wildman–Crippen LogP) is 5.47. The van der Waals surface area contributed by atoms with Crippen molar-refractivity contribution >= 4 is 27.8 Å². The van der Waals surface area contributed by atoms with Gasteiger partial charge in [-0.1, -0.05) is 0 Å². The number of aromatic amines is 2.